The number of hydrogen-bond acceptors (Lipinski definition) is 9. The largest absolute Gasteiger partial charge is 0.354 e. The van der Waals surface area contributed by atoms with Crippen LogP contribution in [0.3, 0.4) is 0 Å². The molecule has 0 aromatic heterocycles. The van der Waals surface area contributed by atoms with Gasteiger partial charge in [0.1, 0.15) is 6.04 Å². The van der Waals surface area contributed by atoms with E-state index >= 15 is 0 Å². The van der Waals surface area contributed by atoms with Gasteiger partial charge in [-0.15, -0.1) is 5.06 Å². The number of carbonyl (C=O) groups is 6. The van der Waals surface area contributed by atoms with E-state index in [9.17, 15) is 28.8 Å². The summed E-state index contributed by atoms with van der Waals surface area (Å²) in [6, 6.07) is -1.90. The molecule has 1 saturated heterocycles. The van der Waals surface area contributed by atoms with Crippen molar-refractivity contribution in [3.8, 4) is 0 Å². The Hall–Kier alpha value is -2.86. The first-order chi connectivity index (χ1) is 17.9. The summed E-state index contributed by atoms with van der Waals surface area (Å²) in [5.74, 6) is -1.56. The lowest BCUT2D eigenvalue weighted by Gasteiger charge is -2.26. The lowest BCUT2D eigenvalue weighted by atomic mass is 10.0. The Morgan fingerprint density at radius 1 is 0.744 bits per heavy atom. The van der Waals surface area contributed by atoms with Crippen molar-refractivity contribution < 1.29 is 33.6 Å². The fraction of sp³-hybridized carbons (Fsp3) is 0.778. The Bertz CT molecular complexity index is 857. The van der Waals surface area contributed by atoms with Gasteiger partial charge in [-0.25, -0.2) is 4.79 Å². The minimum Gasteiger partial charge on any atom is -0.345 e. The lowest BCUT2D eigenvalue weighted by molar-refractivity contribution is -0.198. The van der Waals surface area contributed by atoms with Gasteiger partial charge >= 0.3 is 5.97 Å². The number of nitrogens with zero attached hydrogens (tertiary/aromatic N) is 3. The van der Waals surface area contributed by atoms with E-state index in [0.29, 0.717) is 23.3 Å². The summed E-state index contributed by atoms with van der Waals surface area (Å²) >= 11 is 0. The van der Waals surface area contributed by atoms with Crippen LogP contribution >= 0.6 is 0 Å². The second-order valence-electron chi connectivity index (χ2n) is 11.3. The molecular weight excluding hydrogens is 506 g/mol. The monoisotopic (exact) mass is 555 g/mol. The zero-order chi connectivity index (χ0) is 30.6. The van der Waals surface area contributed by atoms with Gasteiger partial charge in [-0.2, -0.15) is 0 Å². The van der Waals surface area contributed by atoms with Crippen molar-refractivity contribution >= 4 is 35.4 Å². The third-order valence-corrected chi connectivity index (χ3v) is 6.11. The molecule has 1 heterocycles. The highest BCUT2D eigenvalue weighted by Crippen LogP contribution is 2.14. The predicted molar refractivity (Wildman–Crippen MR) is 147 cm³/mol. The van der Waals surface area contributed by atoms with Crippen LogP contribution in [0, 0.1) is 11.8 Å². The number of imide groups is 1. The van der Waals surface area contributed by atoms with Crippen LogP contribution in [0.5, 0.6) is 0 Å². The van der Waals surface area contributed by atoms with Gasteiger partial charge in [-0.3, -0.25) is 33.8 Å². The van der Waals surface area contributed by atoms with Crippen molar-refractivity contribution in [2.24, 2.45) is 11.8 Å². The molecule has 4 amide bonds. The molecule has 0 bridgehead atoms. The minimum absolute atomic E-state index is 0.0181. The Balaban J connectivity index is 0.000000794. The first kappa shape index (κ1) is 36.1. The summed E-state index contributed by atoms with van der Waals surface area (Å²) in [5.41, 5.74) is 0. The van der Waals surface area contributed by atoms with Gasteiger partial charge in [0.05, 0.1) is 18.1 Å². The quantitative estimate of drug-likeness (QED) is 0.319. The molecule has 0 aromatic rings. The first-order valence-electron chi connectivity index (χ1n) is 13.4. The topological polar surface area (TPSA) is 145 Å². The highest BCUT2D eigenvalue weighted by molar-refractivity contribution is 6.02. The summed E-state index contributed by atoms with van der Waals surface area (Å²) in [4.78, 5) is 78.5. The van der Waals surface area contributed by atoms with E-state index in [0.717, 1.165) is 6.42 Å². The maximum absolute atomic E-state index is 12.3. The van der Waals surface area contributed by atoms with Crippen LogP contribution in [0.2, 0.25) is 0 Å². The van der Waals surface area contributed by atoms with Crippen LogP contribution in [0.4, 0.5) is 0 Å². The second-order valence-corrected chi connectivity index (χ2v) is 11.3. The average molecular weight is 556 g/mol. The molecule has 1 rings (SSSR count). The zero-order valence-corrected chi connectivity index (χ0v) is 25.5. The van der Waals surface area contributed by atoms with Gasteiger partial charge in [-0.05, 0) is 73.6 Å². The van der Waals surface area contributed by atoms with E-state index in [1.807, 2.05) is 32.8 Å². The Morgan fingerprint density at radius 2 is 1.10 bits per heavy atom. The Labute approximate surface area is 233 Å². The number of rotatable bonds is 13. The van der Waals surface area contributed by atoms with Crippen molar-refractivity contribution in [3.63, 3.8) is 0 Å². The molecule has 4 unspecified atom stereocenters. The van der Waals surface area contributed by atoms with E-state index in [4.69, 9.17) is 4.84 Å². The molecule has 1 aliphatic rings. The molecule has 0 spiro atoms. The van der Waals surface area contributed by atoms with Crippen molar-refractivity contribution in [2.45, 2.75) is 98.3 Å². The number of amides is 4. The smallest absolute Gasteiger partial charge is 0.345 e. The molecule has 2 N–H and O–H groups in total. The fourth-order valence-corrected chi connectivity index (χ4v) is 3.60. The molecule has 0 saturated carbocycles. The van der Waals surface area contributed by atoms with Crippen molar-refractivity contribution in [3.05, 3.63) is 0 Å². The molecule has 0 radical (unpaired) electrons. The van der Waals surface area contributed by atoms with Gasteiger partial charge in [0.25, 0.3) is 11.8 Å². The van der Waals surface area contributed by atoms with Crippen LogP contribution in [-0.2, 0) is 33.6 Å². The molecule has 12 nitrogen and oxygen atoms in total. The highest BCUT2D eigenvalue weighted by atomic mass is 16.7. The standard InChI is InChI=1S/C15H25N3O5.C12H24N2O2/c1-9(2)8-11(17(4)5)14(21)16-10(3)15(22)23-18-12(19)6-7-13(18)20;1-8(2)7-11(14(5)6)12(16)13-9(3)10(4)15/h9-11H,6-8H2,1-5H3,(H,16,21);8-9,11H,7H2,1-6H3,(H,13,16). The zero-order valence-electron chi connectivity index (χ0n) is 25.5. The van der Waals surface area contributed by atoms with E-state index in [2.05, 4.69) is 24.5 Å². The van der Waals surface area contributed by atoms with Gasteiger partial charge in [0, 0.05) is 12.8 Å². The highest BCUT2D eigenvalue weighted by Gasteiger charge is 2.35. The molecule has 1 aliphatic heterocycles. The van der Waals surface area contributed by atoms with Crippen LogP contribution in [0.1, 0.15) is 74.1 Å². The van der Waals surface area contributed by atoms with Crippen LogP contribution < -0.4 is 10.6 Å². The van der Waals surface area contributed by atoms with E-state index in [1.54, 1.807) is 25.9 Å². The van der Waals surface area contributed by atoms with Crippen molar-refractivity contribution in [2.75, 3.05) is 28.2 Å². The van der Waals surface area contributed by atoms with Crippen molar-refractivity contribution in [1.82, 2.24) is 25.5 Å². The number of hydroxylamine groups is 2. The van der Waals surface area contributed by atoms with E-state index in [1.165, 1.54) is 13.8 Å². The fourth-order valence-electron chi connectivity index (χ4n) is 3.60. The third kappa shape index (κ3) is 13.2. The number of hydrogen-bond donors (Lipinski definition) is 2. The van der Waals surface area contributed by atoms with Gasteiger partial charge in [-0.1, -0.05) is 27.7 Å². The Kier molecular flexibility index (Phi) is 15.7. The number of likely N-dealkylation sites (N-methyl/N-ethyl adjacent to an activating group) is 2. The van der Waals surface area contributed by atoms with Gasteiger partial charge in [0.15, 0.2) is 5.78 Å². The van der Waals surface area contributed by atoms with Crippen molar-refractivity contribution in [1.29, 1.82) is 0 Å². The molecule has 4 atom stereocenters. The number of carbonyl (C=O) groups excluding carboxylic acids is 6. The van der Waals surface area contributed by atoms with E-state index in [-0.39, 0.29) is 42.5 Å². The number of Topliss-reactive ketones (excluding diaryl/α,β-unsaturated/α-hetero) is 1. The van der Waals surface area contributed by atoms with Gasteiger partial charge < -0.3 is 15.5 Å². The second kappa shape index (κ2) is 17.0. The molecule has 1 fully saturated rings. The minimum atomic E-state index is -0.960. The summed E-state index contributed by atoms with van der Waals surface area (Å²) in [6.07, 6.45) is 1.50. The summed E-state index contributed by atoms with van der Waals surface area (Å²) in [5, 5.41) is 5.78. The molecule has 12 heteroatoms. The van der Waals surface area contributed by atoms with E-state index < -0.39 is 29.9 Å². The molecule has 0 aliphatic carbocycles. The van der Waals surface area contributed by atoms with Crippen LogP contribution in [0.15, 0.2) is 0 Å². The summed E-state index contributed by atoms with van der Waals surface area (Å²) < 4.78 is 0. The maximum Gasteiger partial charge on any atom is 0.354 e. The van der Waals surface area contributed by atoms with Crippen LogP contribution in [-0.4, -0.2) is 103 Å². The number of nitrogens with one attached hydrogen (secondary N) is 2. The maximum atomic E-state index is 12.3. The molecular formula is C27H49N5O7. The lowest BCUT2D eigenvalue weighted by Crippen LogP contribution is -2.50. The molecule has 39 heavy (non-hydrogen) atoms. The Morgan fingerprint density at radius 3 is 1.41 bits per heavy atom. The van der Waals surface area contributed by atoms with Crippen LogP contribution in [0.25, 0.3) is 0 Å². The summed E-state index contributed by atoms with van der Waals surface area (Å²) in [6.45, 7) is 12.8. The normalized spacial score (nSPS) is 16.5. The third-order valence-electron chi connectivity index (χ3n) is 6.11. The van der Waals surface area contributed by atoms with Gasteiger partial charge in [0.2, 0.25) is 11.8 Å². The SMILES string of the molecule is CC(=O)C(C)NC(=O)C(CC(C)C)N(C)C.CC(C)CC(C(=O)NC(C)C(=O)ON1C(=O)CCC1=O)N(C)C. The molecule has 0 aromatic carbocycles. The summed E-state index contributed by atoms with van der Waals surface area (Å²) in [7, 11) is 7.34. The number of ketones is 1. The molecule has 224 valence electrons. The first-order valence-corrected chi connectivity index (χ1v) is 13.4. The predicted octanol–water partition coefficient (Wildman–Crippen LogP) is 1.13. The average Bonchev–Trinajstić information content (AvgIpc) is 3.12.